The number of imide groups is 1. The van der Waals surface area contributed by atoms with Crippen molar-refractivity contribution in [3.63, 3.8) is 0 Å². The maximum Gasteiger partial charge on any atom is 0.524 e. The highest BCUT2D eigenvalue weighted by atomic mass is 31.2. The highest BCUT2D eigenvalue weighted by Gasteiger charge is 2.24. The van der Waals surface area contributed by atoms with Crippen molar-refractivity contribution in [1.82, 2.24) is 19.4 Å². The molecule has 3 heterocycles. The number of carbonyl (C=O) groups excluding carboxylic acids is 2. The number of rotatable bonds is 13. The molecule has 1 aliphatic rings. The number of nitrogens with zero attached hydrogens (tertiary/aromatic N) is 4. The monoisotopic (exact) mass is 609 g/mol. The number of para-hydroxylation sites is 1. The van der Waals surface area contributed by atoms with Gasteiger partial charge in [-0.25, -0.2) is 14.5 Å². The minimum absolute atomic E-state index is 0.133. The van der Waals surface area contributed by atoms with Crippen LogP contribution < -0.4 is 10.3 Å². The van der Waals surface area contributed by atoms with Crippen LogP contribution in [0.15, 0.2) is 48.6 Å². The molecule has 4 aromatic rings. The molecule has 0 unspecified atom stereocenters. The first-order valence-corrected chi connectivity index (χ1v) is 15.3. The van der Waals surface area contributed by atoms with Crippen LogP contribution in [-0.4, -0.2) is 65.9 Å². The summed E-state index contributed by atoms with van der Waals surface area (Å²) in [5.41, 5.74) is 9.57. The number of fused-ring (bicyclic) bond motifs is 3. The zero-order valence-corrected chi connectivity index (χ0v) is 24.4. The lowest BCUT2D eigenvalue weighted by Gasteiger charge is -2.15. The van der Waals surface area contributed by atoms with Gasteiger partial charge in [-0.05, 0) is 36.6 Å². The van der Waals surface area contributed by atoms with Crippen molar-refractivity contribution in [3.8, 4) is 11.5 Å². The molecular weight excluding hydrogens is 577 g/mol. The van der Waals surface area contributed by atoms with E-state index in [0.29, 0.717) is 36.0 Å². The highest BCUT2D eigenvalue weighted by molar-refractivity contribution is 7.46. The number of pyridine rings is 1. The van der Waals surface area contributed by atoms with Crippen molar-refractivity contribution in [2.45, 2.75) is 39.2 Å². The summed E-state index contributed by atoms with van der Waals surface area (Å²) in [5, 5.41) is 11.6. The number of aryl methyl sites for hydroxylation is 1. The van der Waals surface area contributed by atoms with Gasteiger partial charge in [-0.3, -0.25) is 24.3 Å². The number of phenols is 1. The van der Waals surface area contributed by atoms with Crippen molar-refractivity contribution >= 4 is 47.4 Å². The average molecular weight is 610 g/mol. The molecule has 2 aromatic carbocycles. The Bertz CT molecular complexity index is 1760. The summed E-state index contributed by atoms with van der Waals surface area (Å²) in [5.74, 6) is -0.405. The number of amides is 2. The summed E-state index contributed by atoms with van der Waals surface area (Å²) in [6.45, 7) is 2.96. The topological polar surface area (TPSA) is 190 Å². The molecule has 0 aliphatic carbocycles. The Hall–Kier alpha value is -4.29. The van der Waals surface area contributed by atoms with E-state index in [4.69, 9.17) is 15.5 Å². The number of unbranched alkanes of at least 4 members (excludes halogenated alkanes) is 1. The van der Waals surface area contributed by atoms with Crippen LogP contribution in [0.2, 0.25) is 0 Å². The van der Waals surface area contributed by atoms with E-state index in [1.54, 1.807) is 12.1 Å². The Balaban J connectivity index is 1.46. The molecule has 1 aliphatic heterocycles. The van der Waals surface area contributed by atoms with E-state index >= 15 is 0 Å². The highest BCUT2D eigenvalue weighted by Crippen LogP contribution is 2.43. The number of hydrogen-bond acceptors (Lipinski definition) is 9. The summed E-state index contributed by atoms with van der Waals surface area (Å²) in [6, 6.07) is 10.2. The van der Waals surface area contributed by atoms with Crippen molar-refractivity contribution in [2.24, 2.45) is 0 Å². The van der Waals surface area contributed by atoms with Crippen molar-refractivity contribution in [2.75, 3.05) is 25.5 Å². The summed E-state index contributed by atoms with van der Waals surface area (Å²) in [7, 11) is -4.89. The molecule has 0 radical (unpaired) electrons. The number of anilines is 1. The molecule has 0 bridgehead atoms. The number of phenolic OH excluding ortho intramolecular Hbond substituents is 1. The molecule has 0 saturated heterocycles. The van der Waals surface area contributed by atoms with E-state index in [9.17, 15) is 29.0 Å². The molecular formula is C29H32N5O8P. The molecule has 5 N–H and O–H groups in total. The molecule has 14 heteroatoms. The first kappa shape index (κ1) is 30.2. The van der Waals surface area contributed by atoms with Gasteiger partial charge in [0.25, 0.3) is 11.8 Å². The second kappa shape index (κ2) is 12.5. The minimum atomic E-state index is -4.89. The maximum atomic E-state index is 11.7. The normalized spacial score (nSPS) is 13.6. The molecule has 43 heavy (non-hydrogen) atoms. The van der Waals surface area contributed by atoms with Crippen LogP contribution in [0.3, 0.4) is 0 Å². The van der Waals surface area contributed by atoms with Gasteiger partial charge in [0.1, 0.15) is 11.3 Å². The SMILES string of the molecule is CCCCc1nc2c(N)nc3ccc(CCOCCN4C(=O)C=CC4=O)cc3c2n1Cc1cccc(OP(=O)(O)O)c1O. The van der Waals surface area contributed by atoms with E-state index in [1.807, 2.05) is 22.8 Å². The number of phosphoric ester groups is 1. The van der Waals surface area contributed by atoms with Crippen LogP contribution in [0.5, 0.6) is 11.5 Å². The average Bonchev–Trinajstić information content (AvgIpc) is 3.48. The Morgan fingerprint density at radius 1 is 1.02 bits per heavy atom. The Kier molecular flexibility index (Phi) is 8.79. The van der Waals surface area contributed by atoms with Crippen LogP contribution >= 0.6 is 7.82 Å². The summed E-state index contributed by atoms with van der Waals surface area (Å²) < 4.78 is 23.8. The van der Waals surface area contributed by atoms with Crippen LogP contribution in [0.1, 0.15) is 36.7 Å². The van der Waals surface area contributed by atoms with Crippen molar-refractivity contribution in [1.29, 1.82) is 0 Å². The summed E-state index contributed by atoms with van der Waals surface area (Å²) in [6.07, 6.45) is 5.46. The summed E-state index contributed by atoms with van der Waals surface area (Å²) >= 11 is 0. The standard InChI is InChI=1S/C29H32N5O8P/c1-2-3-7-23-32-26-27(34(23)17-19-5-4-6-22(28(19)37)42-43(38,39)40)20-16-18(8-9-21(20)31-29(26)30)12-14-41-15-13-33-24(35)10-11-25(33)36/h4-6,8-11,16,37H,2-3,7,12-15,17H2,1H3,(H2,30,31)(H2,38,39,40). The zero-order chi connectivity index (χ0) is 30.7. The van der Waals surface area contributed by atoms with Gasteiger partial charge in [-0.2, -0.15) is 0 Å². The number of phosphoric acid groups is 1. The lowest BCUT2D eigenvalue weighted by atomic mass is 10.1. The number of nitrogen functional groups attached to an aromatic ring is 1. The smallest absolute Gasteiger partial charge is 0.504 e. The predicted molar refractivity (Wildman–Crippen MR) is 158 cm³/mol. The Morgan fingerprint density at radius 3 is 2.51 bits per heavy atom. The second-order valence-electron chi connectivity index (χ2n) is 10.1. The van der Waals surface area contributed by atoms with E-state index in [2.05, 4.69) is 16.4 Å². The zero-order valence-electron chi connectivity index (χ0n) is 23.5. The maximum absolute atomic E-state index is 11.7. The van der Waals surface area contributed by atoms with Gasteiger partial charge in [0.2, 0.25) is 0 Å². The number of nitrogens with two attached hydrogens (primary N) is 1. The van der Waals surface area contributed by atoms with Gasteiger partial charge >= 0.3 is 7.82 Å². The third-order valence-electron chi connectivity index (χ3n) is 7.12. The van der Waals surface area contributed by atoms with Gasteiger partial charge in [-0.1, -0.05) is 31.5 Å². The number of aromatic hydroxyl groups is 1. The van der Waals surface area contributed by atoms with Crippen LogP contribution in [-0.2, 0) is 38.3 Å². The van der Waals surface area contributed by atoms with Gasteiger partial charge in [0.05, 0.1) is 37.3 Å². The number of imidazole rings is 1. The molecule has 5 rings (SSSR count). The third kappa shape index (κ3) is 6.70. The van der Waals surface area contributed by atoms with Crippen LogP contribution in [0.25, 0.3) is 21.9 Å². The number of aromatic nitrogens is 3. The molecule has 2 amide bonds. The fraction of sp³-hybridized carbons (Fsp3) is 0.310. The molecule has 226 valence electrons. The van der Waals surface area contributed by atoms with Gasteiger partial charge in [-0.15, -0.1) is 0 Å². The van der Waals surface area contributed by atoms with E-state index in [-0.39, 0.29) is 48.8 Å². The van der Waals surface area contributed by atoms with Crippen LogP contribution in [0.4, 0.5) is 5.82 Å². The molecule has 0 spiro atoms. The first-order chi connectivity index (χ1) is 20.6. The quantitative estimate of drug-likeness (QED) is 0.0989. The lowest BCUT2D eigenvalue weighted by Crippen LogP contribution is -2.33. The fourth-order valence-corrected chi connectivity index (χ4v) is 5.43. The van der Waals surface area contributed by atoms with Crippen LogP contribution in [0, 0.1) is 0 Å². The first-order valence-electron chi connectivity index (χ1n) is 13.8. The Morgan fingerprint density at radius 2 is 1.79 bits per heavy atom. The van der Waals surface area contributed by atoms with Crippen molar-refractivity contribution in [3.05, 3.63) is 65.5 Å². The molecule has 13 nitrogen and oxygen atoms in total. The number of ether oxygens (including phenoxy) is 1. The van der Waals surface area contributed by atoms with E-state index in [0.717, 1.165) is 40.0 Å². The van der Waals surface area contributed by atoms with Gasteiger partial charge in [0, 0.05) is 29.5 Å². The van der Waals surface area contributed by atoms with Gasteiger partial charge < -0.3 is 24.7 Å². The number of carbonyl (C=O) groups is 2. The van der Waals surface area contributed by atoms with E-state index in [1.165, 1.54) is 18.2 Å². The number of hydrogen-bond donors (Lipinski definition) is 4. The Labute approximate surface area is 246 Å². The predicted octanol–water partition coefficient (Wildman–Crippen LogP) is 3.22. The van der Waals surface area contributed by atoms with E-state index < -0.39 is 7.82 Å². The fourth-order valence-electron chi connectivity index (χ4n) is 5.02. The molecule has 0 atom stereocenters. The lowest BCUT2D eigenvalue weighted by molar-refractivity contribution is -0.137. The third-order valence-corrected chi connectivity index (χ3v) is 7.56. The largest absolute Gasteiger partial charge is 0.524 e. The van der Waals surface area contributed by atoms with Gasteiger partial charge in [0.15, 0.2) is 17.3 Å². The number of benzene rings is 2. The summed E-state index contributed by atoms with van der Waals surface area (Å²) in [4.78, 5) is 52.5. The second-order valence-corrected chi connectivity index (χ2v) is 11.3. The van der Waals surface area contributed by atoms with Crippen molar-refractivity contribution < 1.29 is 38.3 Å². The molecule has 0 fully saturated rings. The molecule has 0 saturated carbocycles. The molecule has 2 aromatic heterocycles. The minimum Gasteiger partial charge on any atom is -0.504 e.